The van der Waals surface area contributed by atoms with Gasteiger partial charge in [-0.2, -0.15) is 4.31 Å². The highest BCUT2D eigenvalue weighted by Gasteiger charge is 2.47. The van der Waals surface area contributed by atoms with Crippen molar-refractivity contribution in [2.24, 2.45) is 59.2 Å². The first-order valence-corrected chi connectivity index (χ1v) is 54.1. The van der Waals surface area contributed by atoms with Crippen molar-refractivity contribution in [3.63, 3.8) is 0 Å². The lowest BCUT2D eigenvalue weighted by atomic mass is 9.94. The topological polar surface area (TPSA) is 241 Å². The Hall–Kier alpha value is -8.03. The fourth-order valence-corrected chi connectivity index (χ4v) is 25.0. The Morgan fingerprint density at radius 3 is 0.939 bits per heavy atom. The van der Waals surface area contributed by atoms with Gasteiger partial charge in [-0.25, -0.2) is 13.4 Å². The number of sulfonamides is 1. The summed E-state index contributed by atoms with van der Waals surface area (Å²) in [6.07, 6.45) is 12.9. The van der Waals surface area contributed by atoms with Gasteiger partial charge in [0.15, 0.2) is 0 Å². The molecule has 11 aliphatic rings. The van der Waals surface area contributed by atoms with Gasteiger partial charge >= 0.3 is 0 Å². The summed E-state index contributed by atoms with van der Waals surface area (Å²) in [4.78, 5) is 133. The second-order valence-electron chi connectivity index (χ2n) is 40.4. The summed E-state index contributed by atoms with van der Waals surface area (Å²) >= 11 is 31.4. The standard InChI is InChI=1S/C33H45ClN6O4S.C31H41ClN4O2.C24H35ClN4O2.C18H24Cl2N2O2.9CH4/c1-24-8-9-29(19-30(24)34)40(33(42)26-10-17-37(18-11-26)25(2)41)16-6-13-36-20-27-22-39(23-28(27)21-36)45(43,44)31-7-5-12-35-32(31)38-14-3-4-15-38;1-23-9-10-29(17-30(23)32)36(31(38)26-11-15-35(16-12-26)24(2)37)14-6-13-33-19-27-21-34(22-28(27)20-33)18-25-7-4-3-5-8-25;1-17-4-5-22(12-23(17)25)29(24(31)19-6-10-28(11-7-19)18(2)30)9-3-8-27-15-20-13-26-14-21(20)16-27;1-13-4-5-16(12-17(13)20)22(9-3-8-19)18(24)15-6-10-21(11-7-15)14(2)23;;;;;;;;;/h5,7-9,12,19,26-28H,3-4,6,10-11,13-18,20-23H2,1-2H3;3-5,7-10,17,26-28H,6,11-16,18-22H2,1-2H3;4-5,12,19-21,26H,3,6-11,13-16H2,1-2H3;4-5,12,15H,3,6-11H2,1-2H3;9*1H4. The zero-order valence-electron chi connectivity index (χ0n) is 82.2. The highest BCUT2D eigenvalue weighted by molar-refractivity contribution is 7.89. The van der Waals surface area contributed by atoms with Gasteiger partial charge < -0.3 is 64.1 Å². The number of likely N-dealkylation sites (tertiary alicyclic amines) is 8. The third kappa shape index (κ3) is 34.0. The number of fused-ring (bicyclic) bond motifs is 3. The maximum absolute atomic E-state index is 13.8. The van der Waals surface area contributed by atoms with Gasteiger partial charge in [-0.1, -0.05) is 168 Å². The number of aromatic nitrogens is 1. The van der Waals surface area contributed by atoms with Crippen LogP contribution in [-0.4, -0.2) is 300 Å². The molecule has 1 aromatic heterocycles. The number of hydrogen-bond donors (Lipinski definition) is 1. The molecule has 32 heteroatoms. The smallest absolute Gasteiger partial charge is 0.246 e. The molecule has 11 saturated heterocycles. The highest BCUT2D eigenvalue weighted by atomic mass is 35.5. The minimum atomic E-state index is -3.63. The molecule has 6 atom stereocenters. The maximum atomic E-state index is 13.8. The third-order valence-corrected chi connectivity index (χ3v) is 34.6. The molecule has 26 nitrogen and oxygen atoms in total. The van der Waals surface area contributed by atoms with Crippen molar-refractivity contribution in [2.45, 2.75) is 224 Å². The van der Waals surface area contributed by atoms with Crippen molar-refractivity contribution in [1.29, 1.82) is 0 Å². The molecule has 17 rings (SSSR count). The summed E-state index contributed by atoms with van der Waals surface area (Å²) in [6, 6.07) is 37.6. The second-order valence-corrected chi connectivity index (χ2v) is 44.3. The molecule has 5 aromatic carbocycles. The van der Waals surface area contributed by atoms with Crippen molar-refractivity contribution in [2.75, 3.05) is 220 Å². The van der Waals surface area contributed by atoms with Crippen LogP contribution in [0.25, 0.3) is 0 Å². The van der Waals surface area contributed by atoms with Gasteiger partial charge in [0.1, 0.15) is 10.7 Å². The number of aryl methyl sites for hydroxylation is 4. The maximum Gasteiger partial charge on any atom is 0.246 e. The van der Waals surface area contributed by atoms with Crippen LogP contribution in [0.15, 0.2) is 126 Å². The van der Waals surface area contributed by atoms with Crippen molar-refractivity contribution < 1.29 is 46.8 Å². The molecule has 8 amide bonds. The minimum absolute atomic E-state index is 0. The van der Waals surface area contributed by atoms with Gasteiger partial charge in [0.05, 0.1) is 0 Å². The molecule has 11 fully saturated rings. The average molecular weight is 2160 g/mol. The Bertz CT molecular complexity index is 5250. The monoisotopic (exact) mass is 2150 g/mol. The summed E-state index contributed by atoms with van der Waals surface area (Å²) in [5, 5.41) is 6.18. The molecule has 0 spiro atoms. The Morgan fingerprint density at radius 1 is 0.361 bits per heavy atom. The van der Waals surface area contributed by atoms with E-state index in [0.717, 1.165) is 211 Å². The van der Waals surface area contributed by atoms with Crippen molar-refractivity contribution >= 4 is 144 Å². The number of alkyl halides is 1. The Morgan fingerprint density at radius 2 is 0.646 bits per heavy atom. The number of anilines is 5. The lowest BCUT2D eigenvalue weighted by molar-refractivity contribution is -0.133. The average Bonchev–Trinajstić information content (AvgIpc) is 1.51. The quantitative estimate of drug-likeness (QED) is 0.0449. The SMILES string of the molecule is C.C.C.C.C.C.C.C.C.CC(=O)N1CCC(C(=O)N(CCCCl)c2ccc(C)c(Cl)c2)CC1.CC(=O)N1CCC(C(=O)N(CCCN2CC3CN(Cc4ccccc4)CC3C2)c2ccc(C)c(Cl)c2)CC1.CC(=O)N1CCC(C(=O)N(CCCN2CC3CN(S(=O)(=O)c4cccnc4N4CCCC4)CC3C2)c2ccc(C)c(Cl)c2)CC1.CC(=O)N1CCC(C(=O)N(CCCN2CC3CNCC3C2)c2ccc(C)c(Cl)c2)CC1. The van der Waals surface area contributed by atoms with Crippen LogP contribution in [0, 0.1) is 86.9 Å². The number of nitrogens with zero attached hydrogens (tertiary/aromatic N) is 15. The van der Waals surface area contributed by atoms with E-state index in [1.165, 1.54) is 31.7 Å². The number of hydrogen-bond acceptors (Lipinski definition) is 17. The normalized spacial score (nSPS) is 20.6. The van der Waals surface area contributed by atoms with Crippen LogP contribution in [0.4, 0.5) is 28.6 Å². The molecule has 12 heterocycles. The molecule has 0 radical (unpaired) electrons. The van der Waals surface area contributed by atoms with Crippen LogP contribution in [0.5, 0.6) is 0 Å². The number of carbonyl (C=O) groups is 8. The van der Waals surface area contributed by atoms with E-state index in [2.05, 4.69) is 65.1 Å². The molecule has 0 bridgehead atoms. The van der Waals surface area contributed by atoms with E-state index in [0.29, 0.717) is 166 Å². The fraction of sp³-hybridized carbons (Fsp3) is 0.626. The van der Waals surface area contributed by atoms with E-state index in [1.807, 2.05) is 130 Å². The summed E-state index contributed by atoms with van der Waals surface area (Å²) in [5.74, 6) is 5.37. The number of benzene rings is 5. The van der Waals surface area contributed by atoms with Crippen LogP contribution in [0.1, 0.15) is 212 Å². The predicted octanol–water partition coefficient (Wildman–Crippen LogP) is 20.9. The number of piperidine rings is 4. The van der Waals surface area contributed by atoms with Gasteiger partial charge in [0, 0.05) is 270 Å². The highest BCUT2D eigenvalue weighted by Crippen LogP contribution is 2.41. The van der Waals surface area contributed by atoms with E-state index >= 15 is 0 Å². The van der Waals surface area contributed by atoms with Crippen LogP contribution in [0.2, 0.25) is 20.1 Å². The van der Waals surface area contributed by atoms with Crippen molar-refractivity contribution in [3.8, 4) is 0 Å². The zero-order chi connectivity index (χ0) is 98.0. The zero-order valence-corrected chi connectivity index (χ0v) is 86.8. The molecule has 0 saturated carbocycles. The molecular formula is C115H181Cl5N16O10S. The van der Waals surface area contributed by atoms with E-state index in [4.69, 9.17) is 58.0 Å². The summed E-state index contributed by atoms with van der Waals surface area (Å²) in [6.45, 7) is 39.6. The minimum Gasteiger partial charge on any atom is -0.355 e. The van der Waals surface area contributed by atoms with E-state index in [9.17, 15) is 46.8 Å². The van der Waals surface area contributed by atoms with Crippen molar-refractivity contribution in [1.82, 2.24) is 53.8 Å². The number of rotatable bonds is 28. The van der Waals surface area contributed by atoms with E-state index in [1.54, 1.807) is 60.1 Å². The van der Waals surface area contributed by atoms with Crippen LogP contribution >= 0.6 is 58.0 Å². The number of amides is 8. The number of halogens is 5. The lowest BCUT2D eigenvalue weighted by Gasteiger charge is -2.34. The molecule has 0 aliphatic carbocycles. The van der Waals surface area contributed by atoms with Gasteiger partial charge in [0.2, 0.25) is 57.3 Å². The molecule has 6 aromatic rings. The summed E-state index contributed by atoms with van der Waals surface area (Å²) in [5.41, 5.74) is 8.79. The molecule has 147 heavy (non-hydrogen) atoms. The summed E-state index contributed by atoms with van der Waals surface area (Å²) < 4.78 is 29.2. The second kappa shape index (κ2) is 61.0. The molecule has 822 valence electrons. The Balaban J connectivity index is 0.000000345. The van der Waals surface area contributed by atoms with Gasteiger partial charge in [-0.3, -0.25) is 43.3 Å². The van der Waals surface area contributed by atoms with Crippen molar-refractivity contribution in [3.05, 3.63) is 169 Å². The molecule has 6 unspecified atom stereocenters. The molecule has 1 N–H and O–H groups in total. The van der Waals surface area contributed by atoms with Crippen LogP contribution < -0.4 is 29.8 Å². The molecular weight excluding hydrogens is 1970 g/mol. The predicted molar refractivity (Wildman–Crippen MR) is 613 cm³/mol. The first-order chi connectivity index (χ1) is 66.3. The Labute approximate surface area is 910 Å². The van der Waals surface area contributed by atoms with Gasteiger partial charge in [-0.15, -0.1) is 11.6 Å². The number of pyridine rings is 1. The fourth-order valence-electron chi connectivity index (χ4n) is 22.5. The summed E-state index contributed by atoms with van der Waals surface area (Å²) in [7, 11) is -3.63. The first kappa shape index (κ1) is 129. The van der Waals surface area contributed by atoms with E-state index < -0.39 is 10.0 Å². The van der Waals surface area contributed by atoms with E-state index in [-0.39, 0.29) is 138 Å². The molecule has 11 aliphatic heterocycles. The lowest BCUT2D eigenvalue weighted by Crippen LogP contribution is -2.44. The van der Waals surface area contributed by atoms with Gasteiger partial charge in [0.25, 0.3) is 0 Å². The largest absolute Gasteiger partial charge is 0.355 e. The number of nitrogens with one attached hydrogen (secondary N) is 1. The third-order valence-electron chi connectivity index (χ3n) is 30.8. The van der Waals surface area contributed by atoms with Crippen LogP contribution in [0.3, 0.4) is 0 Å². The first-order valence-electron chi connectivity index (χ1n) is 50.6. The Kier molecular flexibility index (Phi) is 53.7. The van der Waals surface area contributed by atoms with Crippen LogP contribution in [-0.2, 0) is 54.9 Å². The van der Waals surface area contributed by atoms with Gasteiger partial charge in [-0.05, 0) is 274 Å². The number of carbonyl (C=O) groups excluding carboxylic acids is 8.